The topological polar surface area (TPSA) is 91.0 Å². The third kappa shape index (κ3) is 4.90. The van der Waals surface area contributed by atoms with Gasteiger partial charge in [-0.25, -0.2) is 0 Å². The first-order chi connectivity index (χ1) is 18.1. The number of nitrogens with one attached hydrogen (secondary N) is 1. The van der Waals surface area contributed by atoms with Gasteiger partial charge < -0.3 is 10.2 Å². The number of nitriles is 1. The van der Waals surface area contributed by atoms with E-state index in [1.165, 1.54) is 23.0 Å². The Morgan fingerprint density at radius 3 is 2.63 bits per heavy atom. The van der Waals surface area contributed by atoms with Gasteiger partial charge in [0.1, 0.15) is 10.6 Å². The SMILES string of the molecule is CC1Cn2ncc(C(=O)Nc3cccc(C#N)c3)c2C(=O)N1c1ccc(Cc2ccc(C(F)(F)F)s2)cc1. The second-order valence-corrected chi connectivity index (χ2v) is 10.0. The van der Waals surface area contributed by atoms with Gasteiger partial charge in [0.2, 0.25) is 0 Å². The number of rotatable bonds is 5. The molecule has 2 amide bonds. The van der Waals surface area contributed by atoms with Crippen LogP contribution in [-0.2, 0) is 19.1 Å². The summed E-state index contributed by atoms with van der Waals surface area (Å²) < 4.78 is 40.2. The molecule has 2 aromatic heterocycles. The van der Waals surface area contributed by atoms with Crippen molar-refractivity contribution in [1.29, 1.82) is 5.26 Å². The van der Waals surface area contributed by atoms with E-state index in [0.717, 1.165) is 11.6 Å². The highest BCUT2D eigenvalue weighted by atomic mass is 32.1. The number of benzene rings is 2. The minimum Gasteiger partial charge on any atom is -0.322 e. The van der Waals surface area contributed by atoms with E-state index in [-0.39, 0.29) is 17.3 Å². The molecule has 5 rings (SSSR count). The predicted molar refractivity (Wildman–Crippen MR) is 136 cm³/mol. The number of carbonyl (C=O) groups excluding carboxylic acids is 2. The van der Waals surface area contributed by atoms with Crippen molar-refractivity contribution in [3.8, 4) is 6.07 Å². The van der Waals surface area contributed by atoms with Gasteiger partial charge in [-0.3, -0.25) is 14.3 Å². The lowest BCUT2D eigenvalue weighted by atomic mass is 10.1. The second kappa shape index (κ2) is 9.79. The molecule has 7 nitrogen and oxygen atoms in total. The van der Waals surface area contributed by atoms with E-state index >= 15 is 0 Å². The van der Waals surface area contributed by atoms with Gasteiger partial charge in [-0.1, -0.05) is 18.2 Å². The van der Waals surface area contributed by atoms with E-state index in [1.54, 1.807) is 47.4 Å². The maximum Gasteiger partial charge on any atom is 0.425 e. The summed E-state index contributed by atoms with van der Waals surface area (Å²) in [4.78, 5) is 28.1. The molecule has 0 radical (unpaired) electrons. The number of alkyl halides is 3. The first-order valence-corrected chi connectivity index (χ1v) is 12.4. The minimum absolute atomic E-state index is 0.115. The van der Waals surface area contributed by atoms with Crippen LogP contribution in [0.25, 0.3) is 0 Å². The van der Waals surface area contributed by atoms with E-state index in [1.807, 2.05) is 13.0 Å². The van der Waals surface area contributed by atoms with Crippen LogP contribution in [0.15, 0.2) is 66.9 Å². The first-order valence-electron chi connectivity index (χ1n) is 11.6. The Hall–Kier alpha value is -4.43. The Bertz CT molecular complexity index is 1570. The number of anilines is 2. The lowest BCUT2D eigenvalue weighted by molar-refractivity contribution is -0.134. The Morgan fingerprint density at radius 2 is 1.95 bits per heavy atom. The normalized spacial score (nSPS) is 15.2. The number of thiophene rings is 1. The van der Waals surface area contributed by atoms with E-state index in [2.05, 4.69) is 10.4 Å². The van der Waals surface area contributed by atoms with Crippen LogP contribution in [0.4, 0.5) is 24.5 Å². The third-order valence-electron chi connectivity index (χ3n) is 6.17. The maximum atomic E-state index is 13.6. The van der Waals surface area contributed by atoms with Crippen molar-refractivity contribution in [3.05, 3.63) is 99.0 Å². The molecule has 192 valence electrons. The van der Waals surface area contributed by atoms with Crippen LogP contribution in [0, 0.1) is 11.3 Å². The molecule has 1 unspecified atom stereocenters. The van der Waals surface area contributed by atoms with Crippen LogP contribution in [0.1, 0.15) is 48.7 Å². The van der Waals surface area contributed by atoms with Crippen LogP contribution in [0.2, 0.25) is 0 Å². The van der Waals surface area contributed by atoms with Gasteiger partial charge in [-0.05, 0) is 55.0 Å². The number of carbonyl (C=O) groups is 2. The van der Waals surface area contributed by atoms with Crippen molar-refractivity contribution >= 4 is 34.5 Å². The third-order valence-corrected chi connectivity index (χ3v) is 7.30. The van der Waals surface area contributed by atoms with Crippen molar-refractivity contribution in [3.63, 3.8) is 0 Å². The van der Waals surface area contributed by atoms with Gasteiger partial charge in [0.15, 0.2) is 0 Å². The standard InChI is InChI=1S/C27H20F3N5O2S/c1-16-15-34-24(22(14-32-34)25(36)33-19-4-2-3-18(11-19)13-31)26(37)35(16)20-7-5-17(6-8-20)12-21-9-10-23(38-21)27(28,29)30/h2-11,14,16H,12,15H2,1H3,(H,33,36). The summed E-state index contributed by atoms with van der Waals surface area (Å²) in [5.41, 5.74) is 2.49. The fraction of sp³-hybridized carbons (Fsp3) is 0.185. The van der Waals surface area contributed by atoms with Crippen molar-refractivity contribution in [1.82, 2.24) is 9.78 Å². The summed E-state index contributed by atoms with van der Waals surface area (Å²) in [6.45, 7) is 2.24. The maximum absolute atomic E-state index is 13.6. The lowest BCUT2D eigenvalue weighted by Crippen LogP contribution is -2.47. The fourth-order valence-electron chi connectivity index (χ4n) is 4.40. The van der Waals surface area contributed by atoms with E-state index in [4.69, 9.17) is 5.26 Å². The predicted octanol–water partition coefficient (Wildman–Crippen LogP) is 5.73. The second-order valence-electron chi connectivity index (χ2n) is 8.87. The zero-order valence-corrected chi connectivity index (χ0v) is 20.8. The number of nitrogens with zero attached hydrogens (tertiary/aromatic N) is 4. The molecule has 0 aliphatic carbocycles. The number of hydrogen-bond donors (Lipinski definition) is 1. The molecule has 1 aliphatic rings. The van der Waals surface area contributed by atoms with Crippen molar-refractivity contribution in [2.45, 2.75) is 32.1 Å². The van der Waals surface area contributed by atoms with Crippen molar-refractivity contribution in [2.75, 3.05) is 10.2 Å². The highest BCUT2D eigenvalue weighted by Crippen LogP contribution is 2.35. The minimum atomic E-state index is -4.36. The molecule has 1 atom stereocenters. The Morgan fingerprint density at radius 1 is 1.18 bits per heavy atom. The molecule has 0 fully saturated rings. The summed E-state index contributed by atoms with van der Waals surface area (Å²) in [5.74, 6) is -0.910. The van der Waals surface area contributed by atoms with Crippen LogP contribution in [0.5, 0.6) is 0 Å². The molecule has 38 heavy (non-hydrogen) atoms. The van der Waals surface area contributed by atoms with Gasteiger partial charge in [0.05, 0.1) is 36.0 Å². The van der Waals surface area contributed by atoms with Crippen LogP contribution in [-0.4, -0.2) is 27.6 Å². The van der Waals surface area contributed by atoms with Crippen molar-refractivity contribution in [2.24, 2.45) is 0 Å². The number of halogens is 3. The Labute approximate surface area is 219 Å². The van der Waals surface area contributed by atoms with Gasteiger partial charge in [-0.2, -0.15) is 23.5 Å². The molecule has 0 spiro atoms. The number of hydrogen-bond acceptors (Lipinski definition) is 5. The number of fused-ring (bicyclic) bond motifs is 1. The van der Waals surface area contributed by atoms with Crippen LogP contribution >= 0.6 is 11.3 Å². The van der Waals surface area contributed by atoms with Crippen LogP contribution < -0.4 is 10.2 Å². The molecule has 4 aromatic rings. The van der Waals surface area contributed by atoms with E-state index in [9.17, 15) is 22.8 Å². The van der Waals surface area contributed by atoms with Gasteiger partial charge in [0, 0.05) is 22.7 Å². The molecule has 0 saturated heterocycles. The van der Waals surface area contributed by atoms with Gasteiger partial charge in [-0.15, -0.1) is 11.3 Å². The average Bonchev–Trinajstić information content (AvgIpc) is 3.53. The Balaban J connectivity index is 1.35. The zero-order chi connectivity index (χ0) is 27.0. The lowest BCUT2D eigenvalue weighted by Gasteiger charge is -2.34. The summed E-state index contributed by atoms with van der Waals surface area (Å²) >= 11 is 0.715. The quantitative estimate of drug-likeness (QED) is 0.354. The van der Waals surface area contributed by atoms with Crippen LogP contribution in [0.3, 0.4) is 0 Å². The molecule has 0 bridgehead atoms. The highest BCUT2D eigenvalue weighted by Gasteiger charge is 2.36. The number of amides is 2. The van der Waals surface area contributed by atoms with Crippen molar-refractivity contribution < 1.29 is 22.8 Å². The number of aromatic nitrogens is 2. The molecule has 0 saturated carbocycles. The first kappa shape index (κ1) is 25.2. The molecule has 1 N–H and O–H groups in total. The molecule has 3 heterocycles. The van der Waals surface area contributed by atoms with E-state index < -0.39 is 22.9 Å². The summed E-state index contributed by atoms with van der Waals surface area (Å²) in [5, 5.41) is 16.0. The fourth-order valence-corrected chi connectivity index (χ4v) is 5.31. The molecular weight excluding hydrogens is 515 g/mol. The van der Waals surface area contributed by atoms with Gasteiger partial charge >= 0.3 is 6.18 Å². The zero-order valence-electron chi connectivity index (χ0n) is 20.0. The smallest absolute Gasteiger partial charge is 0.322 e. The molecule has 1 aliphatic heterocycles. The average molecular weight is 536 g/mol. The molecule has 2 aromatic carbocycles. The molecular formula is C27H20F3N5O2S. The summed E-state index contributed by atoms with van der Waals surface area (Å²) in [7, 11) is 0. The highest BCUT2D eigenvalue weighted by molar-refractivity contribution is 7.12. The summed E-state index contributed by atoms with van der Waals surface area (Å²) in [6, 6.07) is 17.8. The molecule has 11 heteroatoms. The Kier molecular flexibility index (Phi) is 6.50. The largest absolute Gasteiger partial charge is 0.425 e. The van der Waals surface area contributed by atoms with E-state index in [0.29, 0.717) is 46.1 Å². The summed E-state index contributed by atoms with van der Waals surface area (Å²) in [6.07, 6.45) is -2.67. The monoisotopic (exact) mass is 535 g/mol. The van der Waals surface area contributed by atoms with Gasteiger partial charge in [0.25, 0.3) is 11.8 Å².